The van der Waals surface area contributed by atoms with E-state index in [1.54, 1.807) is 12.1 Å². The molecule has 0 fully saturated rings. The number of esters is 2. The molecule has 0 aliphatic heterocycles. The molecule has 2 unspecified atom stereocenters. The zero-order valence-electron chi connectivity index (χ0n) is 21.1. The summed E-state index contributed by atoms with van der Waals surface area (Å²) in [6.45, 7) is 11.4. The highest BCUT2D eigenvalue weighted by atomic mass is 28.2. The standard InChI is InChI=1S/C27H42O5Si/c1-6-30-25(28)17-13-8-7-10-16-22-18-23(31-26(29)21-14-11-9-12-15-21)19-24(22)32-33-27(4,5)20(2)3/h9,11-12,14-15,18,20,23-24H,6-8,10,13,16-17,19,33H2,1-5H3. The van der Waals surface area contributed by atoms with Crippen LogP contribution in [0.4, 0.5) is 0 Å². The number of carbonyl (C=O) groups is 2. The molecule has 0 amide bonds. The Morgan fingerprint density at radius 3 is 2.45 bits per heavy atom. The van der Waals surface area contributed by atoms with E-state index in [9.17, 15) is 9.59 Å². The van der Waals surface area contributed by atoms with Crippen LogP contribution >= 0.6 is 0 Å². The van der Waals surface area contributed by atoms with Gasteiger partial charge in [-0.2, -0.15) is 0 Å². The van der Waals surface area contributed by atoms with E-state index < -0.39 is 9.76 Å². The van der Waals surface area contributed by atoms with Crippen LogP contribution in [0.15, 0.2) is 42.0 Å². The van der Waals surface area contributed by atoms with Gasteiger partial charge in [0.15, 0.2) is 9.76 Å². The second-order valence-corrected chi connectivity index (χ2v) is 12.4. The number of hydrogen-bond donors (Lipinski definition) is 0. The summed E-state index contributed by atoms with van der Waals surface area (Å²) in [5, 5.41) is 0.219. The van der Waals surface area contributed by atoms with Crippen LogP contribution in [0.1, 0.15) is 89.9 Å². The van der Waals surface area contributed by atoms with Crippen LogP contribution in [-0.4, -0.2) is 40.5 Å². The molecule has 0 spiro atoms. The molecule has 0 N–H and O–H groups in total. The molecule has 0 heterocycles. The molecule has 0 radical (unpaired) electrons. The van der Waals surface area contributed by atoms with Gasteiger partial charge >= 0.3 is 11.9 Å². The highest BCUT2D eigenvalue weighted by Crippen LogP contribution is 2.36. The Balaban J connectivity index is 1.89. The van der Waals surface area contributed by atoms with Gasteiger partial charge < -0.3 is 13.9 Å². The molecule has 0 saturated heterocycles. The van der Waals surface area contributed by atoms with Crippen molar-refractivity contribution in [1.82, 2.24) is 0 Å². The zero-order chi connectivity index (χ0) is 24.3. The van der Waals surface area contributed by atoms with Gasteiger partial charge in [0.05, 0.1) is 18.3 Å². The number of benzene rings is 1. The Morgan fingerprint density at radius 1 is 1.09 bits per heavy atom. The first-order valence-corrected chi connectivity index (χ1v) is 13.7. The van der Waals surface area contributed by atoms with Gasteiger partial charge in [-0.15, -0.1) is 0 Å². The molecule has 6 heteroatoms. The lowest BCUT2D eigenvalue weighted by Crippen LogP contribution is -2.27. The van der Waals surface area contributed by atoms with E-state index in [1.165, 1.54) is 5.57 Å². The van der Waals surface area contributed by atoms with Crippen molar-refractivity contribution in [3.8, 4) is 0 Å². The van der Waals surface area contributed by atoms with Gasteiger partial charge in [-0.05, 0) is 60.9 Å². The molecular formula is C27H42O5Si. The maximum atomic E-state index is 12.5. The first-order chi connectivity index (χ1) is 15.7. The lowest BCUT2D eigenvalue weighted by molar-refractivity contribution is -0.143. The summed E-state index contributed by atoms with van der Waals surface area (Å²) in [6, 6.07) is 9.15. The summed E-state index contributed by atoms with van der Waals surface area (Å²) in [5.41, 5.74) is 1.84. The third-order valence-electron chi connectivity index (χ3n) is 6.65. The molecule has 0 bridgehead atoms. The van der Waals surface area contributed by atoms with Crippen molar-refractivity contribution < 1.29 is 23.5 Å². The topological polar surface area (TPSA) is 61.8 Å². The average Bonchev–Trinajstić information content (AvgIpc) is 3.16. The fourth-order valence-electron chi connectivity index (χ4n) is 3.73. The normalized spacial score (nSPS) is 18.7. The number of unbranched alkanes of at least 4 members (excludes halogenated alkanes) is 3. The Hall–Kier alpha value is -1.92. The summed E-state index contributed by atoms with van der Waals surface area (Å²) < 4.78 is 17.3. The summed E-state index contributed by atoms with van der Waals surface area (Å²) in [6.07, 6.45) is 8.05. The molecule has 5 nitrogen and oxygen atoms in total. The summed E-state index contributed by atoms with van der Waals surface area (Å²) in [5.74, 6) is 0.185. The van der Waals surface area contributed by atoms with Crippen molar-refractivity contribution in [2.24, 2.45) is 5.92 Å². The van der Waals surface area contributed by atoms with E-state index in [0.29, 0.717) is 30.9 Å². The van der Waals surface area contributed by atoms with Crippen molar-refractivity contribution in [3.05, 3.63) is 47.5 Å². The Kier molecular flexibility index (Phi) is 11.3. The molecule has 184 valence electrons. The van der Waals surface area contributed by atoms with E-state index in [-0.39, 0.29) is 29.2 Å². The number of rotatable bonds is 14. The number of carbonyl (C=O) groups excluding carboxylic acids is 2. The summed E-state index contributed by atoms with van der Waals surface area (Å²) in [4.78, 5) is 24.0. The molecule has 1 aromatic carbocycles. The van der Waals surface area contributed by atoms with Crippen LogP contribution in [0.25, 0.3) is 0 Å². The van der Waals surface area contributed by atoms with Gasteiger partial charge in [0.25, 0.3) is 0 Å². The second kappa shape index (κ2) is 13.7. The number of ether oxygens (including phenoxy) is 2. The quantitative estimate of drug-likeness (QED) is 0.148. The predicted molar refractivity (Wildman–Crippen MR) is 135 cm³/mol. The maximum absolute atomic E-state index is 12.5. The molecule has 1 aliphatic rings. The van der Waals surface area contributed by atoms with E-state index in [2.05, 4.69) is 33.8 Å². The summed E-state index contributed by atoms with van der Waals surface area (Å²) in [7, 11) is -0.753. The smallest absolute Gasteiger partial charge is 0.338 e. The van der Waals surface area contributed by atoms with E-state index in [0.717, 1.165) is 32.1 Å². The minimum absolute atomic E-state index is 0.0443. The Morgan fingerprint density at radius 2 is 1.79 bits per heavy atom. The van der Waals surface area contributed by atoms with Crippen LogP contribution in [0.5, 0.6) is 0 Å². The van der Waals surface area contributed by atoms with E-state index in [4.69, 9.17) is 13.9 Å². The summed E-state index contributed by atoms with van der Waals surface area (Å²) >= 11 is 0. The lowest BCUT2D eigenvalue weighted by Gasteiger charge is -2.30. The van der Waals surface area contributed by atoms with Gasteiger partial charge in [0.2, 0.25) is 0 Å². The van der Waals surface area contributed by atoms with Crippen LogP contribution in [0.3, 0.4) is 0 Å². The molecule has 33 heavy (non-hydrogen) atoms. The molecular weight excluding hydrogens is 432 g/mol. The van der Waals surface area contributed by atoms with Gasteiger partial charge in [-0.3, -0.25) is 4.79 Å². The number of hydrogen-bond acceptors (Lipinski definition) is 5. The van der Waals surface area contributed by atoms with E-state index >= 15 is 0 Å². The van der Waals surface area contributed by atoms with Crippen LogP contribution in [-0.2, 0) is 18.7 Å². The van der Waals surface area contributed by atoms with Gasteiger partial charge in [0.1, 0.15) is 6.10 Å². The minimum atomic E-state index is -0.753. The van der Waals surface area contributed by atoms with Crippen molar-refractivity contribution in [2.45, 2.75) is 96.8 Å². The van der Waals surface area contributed by atoms with Crippen LogP contribution < -0.4 is 0 Å². The Labute approximate surface area is 202 Å². The third kappa shape index (κ3) is 9.45. The third-order valence-corrected chi connectivity index (χ3v) is 8.78. The molecule has 1 aliphatic carbocycles. The van der Waals surface area contributed by atoms with Gasteiger partial charge in [-0.25, -0.2) is 4.79 Å². The fraction of sp³-hybridized carbons (Fsp3) is 0.630. The Bertz CT molecular complexity index is 772. The van der Waals surface area contributed by atoms with Crippen molar-refractivity contribution in [2.75, 3.05) is 6.61 Å². The van der Waals surface area contributed by atoms with Crippen molar-refractivity contribution in [1.29, 1.82) is 0 Å². The first kappa shape index (κ1) is 27.3. The molecule has 2 rings (SSSR count). The fourth-order valence-corrected chi connectivity index (χ4v) is 5.04. The van der Waals surface area contributed by atoms with Crippen molar-refractivity contribution in [3.63, 3.8) is 0 Å². The first-order valence-electron chi connectivity index (χ1n) is 12.5. The minimum Gasteiger partial charge on any atom is -0.466 e. The molecule has 1 aromatic rings. The van der Waals surface area contributed by atoms with Crippen LogP contribution in [0, 0.1) is 5.92 Å². The van der Waals surface area contributed by atoms with Crippen LogP contribution in [0.2, 0.25) is 5.04 Å². The SMILES string of the molecule is CCOC(=O)CCCCCCC1=CC(OC(=O)c2ccccc2)CC1O[SiH2]C(C)(C)C(C)C. The van der Waals surface area contributed by atoms with E-state index in [1.807, 2.05) is 25.1 Å². The molecule has 0 saturated carbocycles. The van der Waals surface area contributed by atoms with Gasteiger partial charge in [-0.1, -0.05) is 58.7 Å². The highest BCUT2D eigenvalue weighted by molar-refractivity contribution is 6.32. The largest absolute Gasteiger partial charge is 0.466 e. The zero-order valence-corrected chi connectivity index (χ0v) is 22.5. The van der Waals surface area contributed by atoms with Gasteiger partial charge in [0, 0.05) is 12.8 Å². The maximum Gasteiger partial charge on any atom is 0.338 e. The monoisotopic (exact) mass is 474 g/mol. The lowest BCUT2D eigenvalue weighted by atomic mass is 9.99. The highest BCUT2D eigenvalue weighted by Gasteiger charge is 2.32. The molecule has 2 atom stereocenters. The molecule has 0 aromatic heterocycles. The average molecular weight is 475 g/mol. The second-order valence-electron chi connectivity index (χ2n) is 9.95. The van der Waals surface area contributed by atoms with Crippen molar-refractivity contribution >= 4 is 21.7 Å². The predicted octanol–water partition coefficient (Wildman–Crippen LogP) is 5.77.